The van der Waals surface area contributed by atoms with Crippen LogP contribution in [0.15, 0.2) is 30.3 Å². The summed E-state index contributed by atoms with van der Waals surface area (Å²) >= 11 is 0. The van der Waals surface area contributed by atoms with E-state index < -0.39 is 6.23 Å². The van der Waals surface area contributed by atoms with Crippen LogP contribution in [0.25, 0.3) is 0 Å². The third-order valence-electron chi connectivity index (χ3n) is 3.56. The SMILES string of the molecule is CC(=O)c1c(C)[nH]c(C(O)N(O)Cc2ccccc2)c1C. The third-order valence-corrected chi connectivity index (χ3v) is 3.56. The van der Waals surface area contributed by atoms with Gasteiger partial charge in [-0.05, 0) is 31.9 Å². The van der Waals surface area contributed by atoms with Gasteiger partial charge < -0.3 is 15.3 Å². The molecule has 3 N–H and O–H groups in total. The lowest BCUT2D eigenvalue weighted by Gasteiger charge is -2.21. The number of aromatic nitrogens is 1. The lowest BCUT2D eigenvalue weighted by molar-refractivity contribution is -0.208. The predicted molar refractivity (Wildman–Crippen MR) is 79.0 cm³/mol. The molecular weight excluding hydrogens is 268 g/mol. The van der Waals surface area contributed by atoms with Crippen LogP contribution in [0, 0.1) is 13.8 Å². The molecule has 0 saturated heterocycles. The molecule has 112 valence electrons. The van der Waals surface area contributed by atoms with Gasteiger partial charge in [0.05, 0.1) is 12.2 Å². The van der Waals surface area contributed by atoms with Gasteiger partial charge in [0.1, 0.15) is 0 Å². The second kappa shape index (κ2) is 6.22. The summed E-state index contributed by atoms with van der Waals surface area (Å²) < 4.78 is 0. The molecule has 0 aliphatic carbocycles. The number of hydroxylamine groups is 2. The molecule has 1 aromatic heterocycles. The van der Waals surface area contributed by atoms with Crippen LogP contribution >= 0.6 is 0 Å². The summed E-state index contributed by atoms with van der Waals surface area (Å²) in [7, 11) is 0. The topological polar surface area (TPSA) is 76.6 Å². The maximum atomic E-state index is 11.6. The molecule has 5 heteroatoms. The second-order valence-corrected chi connectivity index (χ2v) is 5.18. The molecule has 0 radical (unpaired) electrons. The molecule has 2 rings (SSSR count). The highest BCUT2D eigenvalue weighted by Crippen LogP contribution is 2.26. The Labute approximate surface area is 123 Å². The first kappa shape index (κ1) is 15.4. The number of aliphatic hydroxyl groups excluding tert-OH is 1. The Balaban J connectivity index is 2.22. The Bertz CT molecular complexity index is 634. The number of aryl methyl sites for hydroxylation is 1. The number of carbonyl (C=O) groups is 1. The highest BCUT2D eigenvalue weighted by Gasteiger charge is 2.24. The van der Waals surface area contributed by atoms with E-state index in [2.05, 4.69) is 4.98 Å². The zero-order valence-corrected chi connectivity index (χ0v) is 12.4. The first-order valence-electron chi connectivity index (χ1n) is 6.79. The van der Waals surface area contributed by atoms with Crippen LogP contribution in [-0.4, -0.2) is 26.1 Å². The van der Waals surface area contributed by atoms with Crippen molar-refractivity contribution in [1.29, 1.82) is 0 Å². The van der Waals surface area contributed by atoms with Crippen LogP contribution < -0.4 is 0 Å². The minimum atomic E-state index is -1.21. The molecule has 5 nitrogen and oxygen atoms in total. The van der Waals surface area contributed by atoms with E-state index in [9.17, 15) is 15.1 Å². The average molecular weight is 288 g/mol. The fraction of sp³-hybridized carbons (Fsp3) is 0.312. The maximum Gasteiger partial charge on any atom is 0.170 e. The molecule has 0 bridgehead atoms. The van der Waals surface area contributed by atoms with Gasteiger partial charge in [-0.1, -0.05) is 30.3 Å². The maximum absolute atomic E-state index is 11.6. The van der Waals surface area contributed by atoms with E-state index >= 15 is 0 Å². The number of hydrogen-bond acceptors (Lipinski definition) is 4. The number of benzene rings is 1. The summed E-state index contributed by atoms with van der Waals surface area (Å²) in [5.74, 6) is -0.0627. The van der Waals surface area contributed by atoms with Crippen molar-refractivity contribution in [2.45, 2.75) is 33.5 Å². The molecule has 0 fully saturated rings. The summed E-state index contributed by atoms with van der Waals surface area (Å²) in [4.78, 5) is 14.6. The number of aliphatic hydroxyl groups is 1. The summed E-state index contributed by atoms with van der Waals surface area (Å²) in [6, 6.07) is 9.35. The van der Waals surface area contributed by atoms with Crippen molar-refractivity contribution in [3.63, 3.8) is 0 Å². The molecule has 0 aliphatic heterocycles. The van der Waals surface area contributed by atoms with Gasteiger partial charge >= 0.3 is 0 Å². The van der Waals surface area contributed by atoms with Crippen LogP contribution in [0.4, 0.5) is 0 Å². The molecule has 0 spiro atoms. The number of Topliss-reactive ketones (excluding diaryl/α,β-unsaturated/α-hetero) is 1. The summed E-state index contributed by atoms with van der Waals surface area (Å²) in [6.45, 7) is 5.21. The van der Waals surface area contributed by atoms with Gasteiger partial charge in [0, 0.05) is 11.3 Å². The van der Waals surface area contributed by atoms with E-state index in [1.807, 2.05) is 30.3 Å². The molecule has 0 saturated carbocycles. The van der Waals surface area contributed by atoms with Gasteiger partial charge in [-0.2, -0.15) is 5.06 Å². The Morgan fingerprint density at radius 1 is 1.29 bits per heavy atom. The van der Waals surface area contributed by atoms with Crippen LogP contribution in [0.2, 0.25) is 0 Å². The van der Waals surface area contributed by atoms with Crippen LogP contribution in [0.5, 0.6) is 0 Å². The summed E-state index contributed by atoms with van der Waals surface area (Å²) in [5, 5.41) is 21.2. The summed E-state index contributed by atoms with van der Waals surface area (Å²) in [5.41, 5.74) is 3.25. The van der Waals surface area contributed by atoms with Gasteiger partial charge in [-0.3, -0.25) is 4.79 Å². The van der Waals surface area contributed by atoms with Crippen molar-refractivity contribution in [2.75, 3.05) is 0 Å². The van der Waals surface area contributed by atoms with Crippen molar-refractivity contribution < 1.29 is 15.1 Å². The van der Waals surface area contributed by atoms with Gasteiger partial charge in [0.2, 0.25) is 0 Å². The molecule has 1 heterocycles. The number of nitrogens with zero attached hydrogens (tertiary/aromatic N) is 1. The Morgan fingerprint density at radius 2 is 1.90 bits per heavy atom. The quantitative estimate of drug-likeness (QED) is 0.449. The van der Waals surface area contributed by atoms with Crippen LogP contribution in [0.1, 0.15) is 46.0 Å². The number of ketones is 1. The van der Waals surface area contributed by atoms with Gasteiger partial charge in [0.15, 0.2) is 12.0 Å². The zero-order chi connectivity index (χ0) is 15.6. The molecule has 21 heavy (non-hydrogen) atoms. The van der Waals surface area contributed by atoms with E-state index in [1.165, 1.54) is 6.92 Å². The smallest absolute Gasteiger partial charge is 0.170 e. The monoisotopic (exact) mass is 288 g/mol. The van der Waals surface area contributed by atoms with Crippen molar-refractivity contribution >= 4 is 5.78 Å². The minimum absolute atomic E-state index is 0.0627. The number of nitrogens with one attached hydrogen (secondary N) is 1. The van der Waals surface area contributed by atoms with Crippen LogP contribution in [0.3, 0.4) is 0 Å². The van der Waals surface area contributed by atoms with E-state index in [0.29, 0.717) is 22.5 Å². The van der Waals surface area contributed by atoms with E-state index in [4.69, 9.17) is 0 Å². The van der Waals surface area contributed by atoms with E-state index in [1.54, 1.807) is 13.8 Å². The molecule has 1 atom stereocenters. The summed E-state index contributed by atoms with van der Waals surface area (Å²) in [6.07, 6.45) is -1.21. The average Bonchev–Trinajstić information content (AvgIpc) is 2.74. The third kappa shape index (κ3) is 3.21. The normalized spacial score (nSPS) is 12.7. The number of rotatable bonds is 5. The lowest BCUT2D eigenvalue weighted by Crippen LogP contribution is -2.25. The molecular formula is C16H20N2O3. The molecule has 2 aromatic rings. The van der Waals surface area contributed by atoms with Gasteiger partial charge in [-0.15, -0.1) is 0 Å². The molecule has 1 unspecified atom stereocenters. The van der Waals surface area contributed by atoms with Crippen molar-refractivity contribution in [2.24, 2.45) is 0 Å². The Hall–Kier alpha value is -1.95. The lowest BCUT2D eigenvalue weighted by atomic mass is 10.1. The fourth-order valence-electron chi connectivity index (χ4n) is 2.57. The Kier molecular flexibility index (Phi) is 4.57. The zero-order valence-electron chi connectivity index (χ0n) is 12.4. The highest BCUT2D eigenvalue weighted by atomic mass is 16.5. The first-order valence-corrected chi connectivity index (χ1v) is 6.79. The Morgan fingerprint density at radius 3 is 2.43 bits per heavy atom. The number of carbonyl (C=O) groups excluding carboxylic acids is 1. The highest BCUT2D eigenvalue weighted by molar-refractivity contribution is 5.97. The van der Waals surface area contributed by atoms with Crippen molar-refractivity contribution in [3.05, 3.63) is 58.4 Å². The molecule has 0 aliphatic rings. The number of H-pyrrole nitrogens is 1. The number of hydrogen-bond donors (Lipinski definition) is 3. The molecule has 0 amide bonds. The van der Waals surface area contributed by atoms with Crippen molar-refractivity contribution in [3.8, 4) is 0 Å². The minimum Gasteiger partial charge on any atom is -0.371 e. The predicted octanol–water partition coefficient (Wildman–Crippen LogP) is 2.72. The number of aromatic amines is 1. The first-order chi connectivity index (χ1) is 9.91. The second-order valence-electron chi connectivity index (χ2n) is 5.18. The van der Waals surface area contributed by atoms with Gasteiger partial charge in [0.25, 0.3) is 0 Å². The largest absolute Gasteiger partial charge is 0.371 e. The van der Waals surface area contributed by atoms with Crippen LogP contribution in [-0.2, 0) is 6.54 Å². The van der Waals surface area contributed by atoms with E-state index in [-0.39, 0.29) is 12.3 Å². The molecule has 1 aromatic carbocycles. The fourth-order valence-corrected chi connectivity index (χ4v) is 2.57. The standard InChI is InChI=1S/C16H20N2O3/c1-10-14(12(3)19)11(2)17-15(10)16(20)18(21)9-13-7-5-4-6-8-13/h4-8,16-17,20-21H,9H2,1-3H3. The van der Waals surface area contributed by atoms with Gasteiger partial charge in [-0.25, -0.2) is 0 Å². The van der Waals surface area contributed by atoms with E-state index in [0.717, 1.165) is 10.6 Å². The van der Waals surface area contributed by atoms with Crippen molar-refractivity contribution in [1.82, 2.24) is 10.0 Å².